The van der Waals surface area contributed by atoms with Crippen molar-refractivity contribution < 1.29 is 106 Å². The quantitative estimate of drug-likeness (QED) is 0.0199. The van der Waals surface area contributed by atoms with Crippen LogP contribution in [-0.2, 0) is 95.8 Å². The molecule has 0 aromatic heterocycles. The van der Waals surface area contributed by atoms with E-state index in [1.54, 1.807) is 0 Å². The van der Waals surface area contributed by atoms with E-state index < -0.39 is 266 Å². The summed E-state index contributed by atoms with van der Waals surface area (Å²) in [6.07, 6.45) is -7.56. The van der Waals surface area contributed by atoms with Crippen LogP contribution < -0.4 is 86.3 Å². The highest BCUT2D eigenvalue weighted by atomic mass is 16.5. The van der Waals surface area contributed by atoms with Gasteiger partial charge in [-0.2, -0.15) is 0 Å². The molecule has 0 aliphatic rings. The molecule has 21 N–H and O–H groups in total. The highest BCUT2D eigenvalue weighted by Gasteiger charge is 2.42. The molecule has 0 rings (SSSR count). The molecule has 528 valence electrons. The van der Waals surface area contributed by atoms with Crippen LogP contribution >= 0.6 is 0 Å². The maximum Gasteiger partial charge on any atom is 0.328 e. The number of carbonyl (C=O) groups is 19. The average Bonchev–Trinajstić information content (AvgIpc) is 0.863. The number of nitrogens with one attached hydrogen (secondary N) is 13. The largest absolute Gasteiger partial charge is 0.481 e. The second-order valence-corrected chi connectivity index (χ2v) is 21.8. The van der Waals surface area contributed by atoms with Crippen LogP contribution in [0.5, 0.6) is 0 Å². The summed E-state index contributed by atoms with van der Waals surface area (Å²) >= 11 is 0. The summed E-state index contributed by atoms with van der Waals surface area (Å²) in [5.74, 6) is -23.7. The molecule has 0 aliphatic heterocycles. The number of ketones is 8. The molecule has 8 unspecified atom stereocenters. The van der Waals surface area contributed by atoms with Crippen molar-refractivity contribution in [3.8, 4) is 0 Å². The smallest absolute Gasteiger partial charge is 0.328 e. The highest BCUT2D eigenvalue weighted by molar-refractivity contribution is 6.15. The van der Waals surface area contributed by atoms with E-state index in [1.165, 1.54) is 69.9 Å². The Labute approximate surface area is 541 Å². The molecular weight excluding hydrogens is 1250 g/mol. The monoisotopic (exact) mass is 1340 g/mol. The third-order valence-electron chi connectivity index (χ3n) is 14.8. The highest BCUT2D eigenvalue weighted by Crippen LogP contribution is 2.12. The molecule has 0 aromatic rings. The van der Waals surface area contributed by atoms with E-state index >= 15 is 0 Å². The van der Waals surface area contributed by atoms with Gasteiger partial charge in [-0.05, 0) is 82.7 Å². The molecule has 0 saturated heterocycles. The molecule has 8 amide bonds. The number of esters is 1. The van der Waals surface area contributed by atoms with Gasteiger partial charge in [0.05, 0.1) is 55.9 Å². The molecule has 38 heteroatoms. The number of hydrogen-bond donors (Lipinski definition) is 18. The van der Waals surface area contributed by atoms with Crippen LogP contribution in [0.3, 0.4) is 0 Å². The fraction of sp³-hybridized carbons (Fsp3) is 0.661. The molecule has 0 heterocycles. The van der Waals surface area contributed by atoms with Gasteiger partial charge in [0.15, 0.2) is 64.4 Å². The lowest BCUT2D eigenvalue weighted by atomic mass is 9.98. The van der Waals surface area contributed by atoms with Gasteiger partial charge in [0.1, 0.15) is 30.2 Å². The number of aliphatic carboxylic acids is 2. The number of likely N-dealkylation sites (N-methyl/N-ethyl adjacent to an activating group) is 5. The van der Waals surface area contributed by atoms with Crippen molar-refractivity contribution in [2.75, 3.05) is 48.9 Å². The molecule has 0 radical (unpaired) electrons. The number of nitrogens with two attached hydrogens (primary N) is 3. The zero-order valence-corrected chi connectivity index (χ0v) is 54.5. The second-order valence-electron chi connectivity index (χ2n) is 21.8. The number of carboxylic acid groups (broad SMARTS) is 2. The molecule has 94 heavy (non-hydrogen) atoms. The minimum Gasteiger partial charge on any atom is -0.481 e. The molecule has 0 aromatic carbocycles. The maximum absolute atomic E-state index is 14.8. The van der Waals surface area contributed by atoms with Crippen LogP contribution in [0.15, 0.2) is 0 Å². The fourth-order valence-corrected chi connectivity index (χ4v) is 8.08. The third kappa shape index (κ3) is 29.0. The fourth-order valence-electron chi connectivity index (χ4n) is 8.08. The van der Waals surface area contributed by atoms with E-state index in [2.05, 4.69) is 58.5 Å². The van der Waals surface area contributed by atoms with Crippen molar-refractivity contribution in [2.45, 2.75) is 190 Å². The van der Waals surface area contributed by atoms with Crippen molar-refractivity contribution >= 4 is 111 Å². The minimum absolute atomic E-state index is 0.633. The van der Waals surface area contributed by atoms with Crippen LogP contribution in [0.4, 0.5) is 0 Å². The first-order valence-electron chi connectivity index (χ1n) is 29.5. The van der Waals surface area contributed by atoms with Crippen LogP contribution in [0.25, 0.3) is 0 Å². The van der Waals surface area contributed by atoms with Gasteiger partial charge in [-0.3, -0.25) is 86.3 Å². The zero-order chi connectivity index (χ0) is 72.6. The Bertz CT molecular complexity index is 2800. The standard InChI is InChI=1S/C56H92N16O22/c1-23(60-7)36(74)17-31(67-51(88)33(19-38(76)25(3)62-9)69-54(91)46(48(85)30(59)14-16-43(82)83)72-53(90)44(41(79)22-57)65-28(6)73)49(86)66-32(18-37(75)24(2)61-8)50(87)68-34(20-39(77)26(4)63-10)52(89)71-45(47(84)29(58)13-15-42(80)81)55(92)70-35(56(93)94-12)21-40(78)27(5)64-11/h23-27,29-35,44-46,60-64H,13-22,57-59H2,1-12H3,(H,65,73)(H,66,86)(H,67,88)(H,68,87)(H,69,91)(H,70,92)(H,71,89)(H,72,90)(H,80,81)(H,82,83)/t23-,24-,25-,26-,27-,29-,30-,31?,32?,33?,34?,35?,44?,45?,46?/m0/s1. The van der Waals surface area contributed by atoms with Crippen LogP contribution in [0.2, 0.25) is 0 Å². The minimum atomic E-state index is -2.54. The van der Waals surface area contributed by atoms with E-state index in [0.717, 1.165) is 14.0 Å². The van der Waals surface area contributed by atoms with E-state index in [4.69, 9.17) is 21.9 Å². The van der Waals surface area contributed by atoms with Crippen molar-refractivity contribution in [1.29, 1.82) is 0 Å². The van der Waals surface area contributed by atoms with E-state index in [0.29, 0.717) is 0 Å². The molecule has 0 spiro atoms. The maximum atomic E-state index is 14.8. The number of hydrogen-bond acceptors (Lipinski definition) is 28. The molecular formula is C56H92N16O22. The predicted octanol–water partition coefficient (Wildman–Crippen LogP) is -10.1. The summed E-state index contributed by atoms with van der Waals surface area (Å²) in [7, 11) is 7.65. The summed E-state index contributed by atoms with van der Waals surface area (Å²) in [6.45, 7) is 6.76. The first-order chi connectivity index (χ1) is 43.8. The zero-order valence-electron chi connectivity index (χ0n) is 54.5. The van der Waals surface area contributed by atoms with Gasteiger partial charge < -0.3 is 101 Å². The van der Waals surface area contributed by atoms with Gasteiger partial charge in [-0.25, -0.2) is 4.79 Å². The molecule has 38 nitrogen and oxygen atoms in total. The lowest BCUT2D eigenvalue weighted by molar-refractivity contribution is -0.147. The van der Waals surface area contributed by atoms with E-state index in [1.807, 2.05) is 10.6 Å². The summed E-state index contributed by atoms with van der Waals surface area (Å²) < 4.78 is 4.74. The van der Waals surface area contributed by atoms with Crippen LogP contribution in [0.1, 0.15) is 99.3 Å². The Hall–Kier alpha value is -8.79. The topological polar surface area (TPSA) is 608 Å². The number of carbonyl (C=O) groups excluding carboxylic acids is 17. The SMILES string of the molecule is CN[C@@H](C)C(=O)CC(NC(=O)C(CC(=O)[C@H](C)NC)NC(=O)C(CC(=O)[C@H](C)NC)NC(=O)C(NC(=O)C(NC(C)=O)C(=O)CN)C(=O)[C@@H](N)CCC(=O)O)C(=O)NC(CC(=O)[C@H](C)NC)C(=O)NC(C(=O)NC(CC(=O)[C@H](C)NC)C(=O)OC)C(=O)[C@@H](N)CCC(=O)O. The Morgan fingerprint density at radius 1 is 0.362 bits per heavy atom. The Morgan fingerprint density at radius 3 is 0.862 bits per heavy atom. The predicted molar refractivity (Wildman–Crippen MR) is 328 cm³/mol. The van der Waals surface area contributed by atoms with Crippen molar-refractivity contribution in [2.24, 2.45) is 17.2 Å². The van der Waals surface area contributed by atoms with E-state index in [-0.39, 0.29) is 0 Å². The van der Waals surface area contributed by atoms with Crippen LogP contribution in [0, 0.1) is 0 Å². The molecule has 0 saturated carbocycles. The van der Waals surface area contributed by atoms with Gasteiger partial charge >= 0.3 is 17.9 Å². The number of rotatable bonds is 48. The van der Waals surface area contributed by atoms with Gasteiger partial charge in [-0.1, -0.05) is 0 Å². The lowest BCUT2D eigenvalue weighted by Crippen LogP contribution is -2.64. The van der Waals surface area contributed by atoms with Crippen LogP contribution in [-0.4, -0.2) is 261 Å². The van der Waals surface area contributed by atoms with Crippen molar-refractivity contribution in [3.63, 3.8) is 0 Å². The number of methoxy groups -OCH3 is 1. The lowest BCUT2D eigenvalue weighted by Gasteiger charge is -2.29. The molecule has 0 fully saturated rings. The molecule has 0 aliphatic carbocycles. The van der Waals surface area contributed by atoms with Gasteiger partial charge in [0, 0.05) is 51.9 Å². The van der Waals surface area contributed by atoms with Gasteiger partial charge in [0.25, 0.3) is 17.7 Å². The number of carboxylic acids is 2. The first kappa shape index (κ1) is 85.2. The Balaban J connectivity index is 8.19. The summed E-state index contributed by atoms with van der Waals surface area (Å²) in [6, 6.07) is -26.8. The Morgan fingerprint density at radius 2 is 0.606 bits per heavy atom. The Kier molecular flexibility index (Phi) is 38.5. The normalized spacial score (nSPS) is 15.9. The second kappa shape index (κ2) is 42.4. The number of amides is 8. The van der Waals surface area contributed by atoms with Crippen molar-refractivity contribution in [1.82, 2.24) is 69.1 Å². The van der Waals surface area contributed by atoms with Gasteiger partial charge in [0.2, 0.25) is 29.5 Å². The first-order valence-corrected chi connectivity index (χ1v) is 29.5. The average molecular weight is 1340 g/mol. The number of Topliss-reactive ketones (excluding diaryl/α,β-unsaturated/α-hetero) is 8. The third-order valence-corrected chi connectivity index (χ3v) is 14.8. The number of ether oxygens (including phenoxy) is 1. The molecule has 15 atom stereocenters. The molecule has 0 bridgehead atoms. The summed E-state index contributed by atoms with van der Waals surface area (Å²) in [5, 5.41) is 48.6. The summed E-state index contributed by atoms with van der Waals surface area (Å²) in [5.41, 5.74) is 17.4. The van der Waals surface area contributed by atoms with Crippen molar-refractivity contribution in [3.05, 3.63) is 0 Å². The summed E-state index contributed by atoms with van der Waals surface area (Å²) in [4.78, 5) is 257. The van der Waals surface area contributed by atoms with E-state index in [9.17, 15) is 101 Å². The van der Waals surface area contributed by atoms with Gasteiger partial charge in [-0.15, -0.1) is 0 Å².